The highest BCUT2D eigenvalue weighted by Crippen LogP contribution is 2.37. The lowest BCUT2D eigenvalue weighted by atomic mass is 10.1. The molecule has 1 aliphatic heterocycles. The van der Waals surface area contributed by atoms with E-state index in [1.54, 1.807) is 0 Å². The highest BCUT2D eigenvalue weighted by molar-refractivity contribution is 5.18. The van der Waals surface area contributed by atoms with Crippen LogP contribution in [0.1, 0.15) is 49.0 Å². The first kappa shape index (κ1) is 12.1. The number of aryl methyl sites for hydroxylation is 1. The van der Waals surface area contributed by atoms with Crippen molar-refractivity contribution in [3.8, 4) is 0 Å². The molecule has 0 saturated heterocycles. The largest absolute Gasteiger partial charge is 0.424 e. The lowest BCUT2D eigenvalue weighted by Gasteiger charge is -2.25. The minimum Gasteiger partial charge on any atom is -0.424 e. The predicted octanol–water partition coefficient (Wildman–Crippen LogP) is 1.72. The fourth-order valence-corrected chi connectivity index (χ4v) is 2.87. The average Bonchev–Trinajstić information content (AvgIpc) is 3.07. The number of rotatable bonds is 4. The molecule has 0 bridgehead atoms. The Hall–Kier alpha value is -1.69. The Morgan fingerprint density at radius 3 is 2.90 bits per heavy atom. The Bertz CT molecular complexity index is 613. The Labute approximate surface area is 117 Å². The molecular weight excluding hydrogens is 254 g/mol. The van der Waals surface area contributed by atoms with Crippen molar-refractivity contribution >= 4 is 0 Å². The minimum absolute atomic E-state index is 0.715. The van der Waals surface area contributed by atoms with Crippen molar-refractivity contribution in [1.29, 1.82) is 0 Å². The zero-order valence-electron chi connectivity index (χ0n) is 11.7. The zero-order chi connectivity index (χ0) is 13.5. The maximum absolute atomic E-state index is 5.59. The van der Waals surface area contributed by atoms with Crippen LogP contribution in [0, 0.1) is 0 Å². The first-order valence-corrected chi connectivity index (χ1v) is 7.41. The van der Waals surface area contributed by atoms with Crippen molar-refractivity contribution in [2.24, 2.45) is 0 Å². The van der Waals surface area contributed by atoms with E-state index < -0.39 is 0 Å². The van der Waals surface area contributed by atoms with Gasteiger partial charge < -0.3 is 8.98 Å². The molecule has 3 heterocycles. The second-order valence-electron chi connectivity index (χ2n) is 5.68. The minimum atomic E-state index is 0.715. The molecule has 2 aromatic heterocycles. The highest BCUT2D eigenvalue weighted by atomic mass is 16.4. The SMILES string of the molecule is CCc1nnc(CN2CCc3c(ncn3C3CC3)C2)o1. The van der Waals surface area contributed by atoms with Gasteiger partial charge in [0, 0.05) is 37.7 Å². The molecule has 20 heavy (non-hydrogen) atoms. The number of aromatic nitrogens is 4. The number of fused-ring (bicyclic) bond motifs is 1. The third-order valence-corrected chi connectivity index (χ3v) is 4.13. The van der Waals surface area contributed by atoms with Crippen LogP contribution in [0.5, 0.6) is 0 Å². The molecule has 0 atom stereocenters. The van der Waals surface area contributed by atoms with E-state index in [9.17, 15) is 0 Å². The van der Waals surface area contributed by atoms with Crippen LogP contribution in [-0.4, -0.2) is 31.2 Å². The molecular formula is C14H19N5O. The van der Waals surface area contributed by atoms with Gasteiger partial charge in [0.05, 0.1) is 18.6 Å². The molecule has 1 saturated carbocycles. The normalized spacial score (nSPS) is 19.2. The topological polar surface area (TPSA) is 60.0 Å². The standard InChI is InChI=1S/C14H19N5O/c1-2-13-16-17-14(20-13)8-18-6-5-12-11(7-18)15-9-19(12)10-3-4-10/h9-10H,2-8H2,1H3. The Morgan fingerprint density at radius 2 is 2.15 bits per heavy atom. The average molecular weight is 273 g/mol. The Kier molecular flexibility index (Phi) is 2.84. The molecule has 106 valence electrons. The summed E-state index contributed by atoms with van der Waals surface area (Å²) in [5.74, 6) is 1.43. The summed E-state index contributed by atoms with van der Waals surface area (Å²) in [6, 6.07) is 0.723. The van der Waals surface area contributed by atoms with Crippen molar-refractivity contribution in [3.05, 3.63) is 29.5 Å². The number of imidazole rings is 1. The summed E-state index contributed by atoms with van der Waals surface area (Å²) in [5, 5.41) is 8.11. The number of nitrogens with zero attached hydrogens (tertiary/aromatic N) is 5. The van der Waals surface area contributed by atoms with Gasteiger partial charge in [0.25, 0.3) is 0 Å². The van der Waals surface area contributed by atoms with Gasteiger partial charge in [-0.2, -0.15) is 0 Å². The first-order valence-electron chi connectivity index (χ1n) is 7.41. The van der Waals surface area contributed by atoms with Crippen molar-refractivity contribution in [2.75, 3.05) is 6.54 Å². The van der Waals surface area contributed by atoms with Gasteiger partial charge in [-0.25, -0.2) is 4.98 Å². The molecule has 0 radical (unpaired) electrons. The molecule has 0 N–H and O–H groups in total. The Morgan fingerprint density at radius 1 is 1.30 bits per heavy atom. The van der Waals surface area contributed by atoms with Gasteiger partial charge in [-0.1, -0.05) is 6.92 Å². The smallest absolute Gasteiger partial charge is 0.230 e. The van der Waals surface area contributed by atoms with Crippen molar-refractivity contribution in [1.82, 2.24) is 24.6 Å². The van der Waals surface area contributed by atoms with Crippen LogP contribution in [0.15, 0.2) is 10.7 Å². The van der Waals surface area contributed by atoms with Gasteiger partial charge >= 0.3 is 0 Å². The predicted molar refractivity (Wildman–Crippen MR) is 72.0 cm³/mol. The molecule has 2 aliphatic rings. The molecule has 6 nitrogen and oxygen atoms in total. The van der Waals surface area contributed by atoms with Gasteiger partial charge in [-0.15, -0.1) is 10.2 Å². The monoisotopic (exact) mass is 273 g/mol. The van der Waals surface area contributed by atoms with Gasteiger partial charge in [0.2, 0.25) is 11.8 Å². The summed E-state index contributed by atoms with van der Waals surface area (Å²) in [6.07, 6.45) is 6.51. The van der Waals surface area contributed by atoms with Crippen molar-refractivity contribution in [3.63, 3.8) is 0 Å². The lowest BCUT2D eigenvalue weighted by Crippen LogP contribution is -2.31. The molecule has 4 rings (SSSR count). The molecule has 2 aromatic rings. The summed E-state index contributed by atoms with van der Waals surface area (Å²) in [6.45, 7) is 4.67. The second-order valence-corrected chi connectivity index (χ2v) is 5.68. The quantitative estimate of drug-likeness (QED) is 0.849. The third kappa shape index (κ3) is 2.14. The van der Waals surface area contributed by atoms with Crippen LogP contribution in [-0.2, 0) is 25.9 Å². The van der Waals surface area contributed by atoms with Crippen LogP contribution in [0.25, 0.3) is 0 Å². The van der Waals surface area contributed by atoms with E-state index >= 15 is 0 Å². The molecule has 0 spiro atoms. The van der Waals surface area contributed by atoms with Crippen molar-refractivity contribution < 1.29 is 4.42 Å². The van der Waals surface area contributed by atoms with Gasteiger partial charge in [0.15, 0.2) is 0 Å². The van der Waals surface area contributed by atoms with Crippen LogP contribution in [0.4, 0.5) is 0 Å². The third-order valence-electron chi connectivity index (χ3n) is 4.13. The molecule has 0 unspecified atom stereocenters. The fraction of sp³-hybridized carbons (Fsp3) is 0.643. The van der Waals surface area contributed by atoms with Crippen LogP contribution in [0.2, 0.25) is 0 Å². The van der Waals surface area contributed by atoms with Gasteiger partial charge in [-0.3, -0.25) is 4.90 Å². The summed E-state index contributed by atoms with van der Waals surface area (Å²) in [5.41, 5.74) is 2.65. The van der Waals surface area contributed by atoms with E-state index in [0.29, 0.717) is 5.89 Å². The maximum atomic E-state index is 5.59. The summed E-state index contributed by atoms with van der Waals surface area (Å²) in [7, 11) is 0. The van der Waals surface area contributed by atoms with Crippen LogP contribution in [0.3, 0.4) is 0 Å². The van der Waals surface area contributed by atoms with E-state index in [4.69, 9.17) is 4.42 Å². The van der Waals surface area contributed by atoms with Crippen LogP contribution < -0.4 is 0 Å². The zero-order valence-corrected chi connectivity index (χ0v) is 11.7. The molecule has 6 heteroatoms. The van der Waals surface area contributed by atoms with E-state index in [1.807, 2.05) is 13.3 Å². The fourth-order valence-electron chi connectivity index (χ4n) is 2.87. The van der Waals surface area contributed by atoms with E-state index in [2.05, 4.69) is 24.6 Å². The second kappa shape index (κ2) is 4.70. The van der Waals surface area contributed by atoms with E-state index in [-0.39, 0.29) is 0 Å². The first-order chi connectivity index (χ1) is 9.83. The summed E-state index contributed by atoms with van der Waals surface area (Å²) < 4.78 is 7.97. The Balaban J connectivity index is 1.46. The van der Waals surface area contributed by atoms with E-state index in [0.717, 1.165) is 44.4 Å². The van der Waals surface area contributed by atoms with Crippen molar-refractivity contribution in [2.45, 2.75) is 51.7 Å². The van der Waals surface area contributed by atoms with Gasteiger partial charge in [-0.05, 0) is 12.8 Å². The molecule has 0 amide bonds. The van der Waals surface area contributed by atoms with Gasteiger partial charge in [0.1, 0.15) is 0 Å². The highest BCUT2D eigenvalue weighted by Gasteiger charge is 2.29. The molecule has 0 aromatic carbocycles. The number of hydrogen-bond donors (Lipinski definition) is 0. The maximum Gasteiger partial charge on any atom is 0.230 e. The van der Waals surface area contributed by atoms with Crippen LogP contribution >= 0.6 is 0 Å². The number of hydrogen-bond acceptors (Lipinski definition) is 5. The summed E-state index contributed by atoms with van der Waals surface area (Å²) in [4.78, 5) is 6.92. The van der Waals surface area contributed by atoms with E-state index in [1.165, 1.54) is 24.2 Å². The summed E-state index contributed by atoms with van der Waals surface area (Å²) >= 11 is 0. The molecule has 1 aliphatic carbocycles. The molecule has 1 fully saturated rings. The lowest BCUT2D eigenvalue weighted by molar-refractivity contribution is 0.214.